The second kappa shape index (κ2) is 5.50. The zero-order chi connectivity index (χ0) is 13.0. The molecular formula is C12H15N3O3. The highest BCUT2D eigenvalue weighted by molar-refractivity contribution is 5.90. The van der Waals surface area contributed by atoms with Crippen molar-refractivity contribution in [3.05, 3.63) is 29.8 Å². The standard InChI is InChI=1S/C12H15N3O3/c16-10-4-2-1-3-8(10)7-13-15-12(18)9-5-6-11(17)14-9/h1-4,9,13,16H,5-7H2,(H,14,17)(H,15,18). The summed E-state index contributed by atoms with van der Waals surface area (Å²) in [5.41, 5.74) is 5.92. The molecule has 0 radical (unpaired) electrons. The van der Waals surface area contributed by atoms with Crippen LogP contribution in [0, 0.1) is 0 Å². The summed E-state index contributed by atoms with van der Waals surface area (Å²) in [6, 6.07) is 6.40. The Balaban J connectivity index is 1.77. The monoisotopic (exact) mass is 249 g/mol. The largest absolute Gasteiger partial charge is 0.508 e. The second-order valence-electron chi connectivity index (χ2n) is 4.13. The predicted molar refractivity (Wildman–Crippen MR) is 64.3 cm³/mol. The molecule has 0 saturated carbocycles. The van der Waals surface area contributed by atoms with Gasteiger partial charge in [-0.25, -0.2) is 5.43 Å². The molecule has 1 aromatic carbocycles. The summed E-state index contributed by atoms with van der Waals surface area (Å²) in [6.07, 6.45) is 0.903. The number of aromatic hydroxyl groups is 1. The molecule has 2 amide bonds. The van der Waals surface area contributed by atoms with Crippen molar-refractivity contribution in [1.29, 1.82) is 0 Å². The van der Waals surface area contributed by atoms with Crippen LogP contribution in [0.2, 0.25) is 0 Å². The lowest BCUT2D eigenvalue weighted by molar-refractivity contribution is -0.126. The number of phenolic OH excluding ortho intramolecular Hbond substituents is 1. The van der Waals surface area contributed by atoms with Crippen LogP contribution in [0.15, 0.2) is 24.3 Å². The van der Waals surface area contributed by atoms with Crippen molar-refractivity contribution < 1.29 is 14.7 Å². The van der Waals surface area contributed by atoms with Crippen LogP contribution in [0.5, 0.6) is 5.75 Å². The number of carbonyl (C=O) groups excluding carboxylic acids is 2. The van der Waals surface area contributed by atoms with Gasteiger partial charge in [-0.3, -0.25) is 15.0 Å². The zero-order valence-electron chi connectivity index (χ0n) is 9.77. The highest BCUT2D eigenvalue weighted by Gasteiger charge is 2.26. The number of hydrogen-bond acceptors (Lipinski definition) is 4. The Bertz CT molecular complexity index is 462. The van der Waals surface area contributed by atoms with Crippen LogP contribution in [0.25, 0.3) is 0 Å². The molecule has 6 nitrogen and oxygen atoms in total. The van der Waals surface area contributed by atoms with Gasteiger partial charge in [-0.2, -0.15) is 0 Å². The molecule has 1 fully saturated rings. The minimum atomic E-state index is -0.464. The number of hydrazine groups is 1. The van der Waals surface area contributed by atoms with E-state index in [0.29, 0.717) is 24.9 Å². The minimum Gasteiger partial charge on any atom is -0.508 e. The maximum Gasteiger partial charge on any atom is 0.256 e. The smallest absolute Gasteiger partial charge is 0.256 e. The van der Waals surface area contributed by atoms with Gasteiger partial charge >= 0.3 is 0 Å². The molecule has 96 valence electrons. The van der Waals surface area contributed by atoms with Crippen molar-refractivity contribution in [2.45, 2.75) is 25.4 Å². The highest BCUT2D eigenvalue weighted by atomic mass is 16.3. The van der Waals surface area contributed by atoms with Gasteiger partial charge in [0.1, 0.15) is 11.8 Å². The maximum absolute atomic E-state index is 11.6. The van der Waals surface area contributed by atoms with Gasteiger partial charge in [0, 0.05) is 18.5 Å². The molecule has 1 heterocycles. The zero-order valence-corrected chi connectivity index (χ0v) is 9.77. The average Bonchev–Trinajstić information content (AvgIpc) is 2.78. The van der Waals surface area contributed by atoms with Crippen LogP contribution in [0.3, 0.4) is 0 Å². The first-order valence-corrected chi connectivity index (χ1v) is 5.76. The third kappa shape index (κ3) is 2.98. The van der Waals surface area contributed by atoms with Gasteiger partial charge < -0.3 is 10.4 Å². The maximum atomic E-state index is 11.6. The molecule has 0 spiro atoms. The molecule has 1 aliphatic rings. The molecular weight excluding hydrogens is 234 g/mol. The third-order valence-electron chi connectivity index (χ3n) is 2.79. The van der Waals surface area contributed by atoms with Crippen LogP contribution in [-0.4, -0.2) is 23.0 Å². The first-order chi connectivity index (χ1) is 8.66. The lowest BCUT2D eigenvalue weighted by Crippen LogP contribution is -2.47. The summed E-state index contributed by atoms with van der Waals surface area (Å²) in [4.78, 5) is 22.6. The van der Waals surface area contributed by atoms with E-state index >= 15 is 0 Å². The fourth-order valence-corrected chi connectivity index (χ4v) is 1.78. The Morgan fingerprint density at radius 2 is 2.22 bits per heavy atom. The van der Waals surface area contributed by atoms with Gasteiger partial charge in [-0.1, -0.05) is 18.2 Å². The van der Waals surface area contributed by atoms with Crippen molar-refractivity contribution >= 4 is 11.8 Å². The summed E-state index contributed by atoms with van der Waals surface area (Å²) in [6.45, 7) is 0.319. The highest BCUT2D eigenvalue weighted by Crippen LogP contribution is 2.14. The number of para-hydroxylation sites is 1. The van der Waals surface area contributed by atoms with Crippen molar-refractivity contribution in [1.82, 2.24) is 16.2 Å². The SMILES string of the molecule is O=C1CCC(C(=O)NNCc2ccccc2O)N1. The van der Waals surface area contributed by atoms with Crippen molar-refractivity contribution in [3.63, 3.8) is 0 Å². The van der Waals surface area contributed by atoms with E-state index in [9.17, 15) is 14.7 Å². The van der Waals surface area contributed by atoms with Crippen LogP contribution in [-0.2, 0) is 16.1 Å². The Kier molecular flexibility index (Phi) is 3.78. The topological polar surface area (TPSA) is 90.5 Å². The van der Waals surface area contributed by atoms with E-state index in [1.54, 1.807) is 24.3 Å². The molecule has 0 bridgehead atoms. The molecule has 1 aliphatic heterocycles. The van der Waals surface area contributed by atoms with Crippen molar-refractivity contribution in [3.8, 4) is 5.75 Å². The van der Waals surface area contributed by atoms with E-state index in [2.05, 4.69) is 16.2 Å². The van der Waals surface area contributed by atoms with Crippen molar-refractivity contribution in [2.75, 3.05) is 0 Å². The van der Waals surface area contributed by atoms with Crippen molar-refractivity contribution in [2.24, 2.45) is 0 Å². The van der Waals surface area contributed by atoms with E-state index in [0.717, 1.165) is 0 Å². The fourth-order valence-electron chi connectivity index (χ4n) is 1.78. The predicted octanol–water partition coefficient (Wildman–Crippen LogP) is -0.208. The second-order valence-corrected chi connectivity index (χ2v) is 4.13. The molecule has 1 saturated heterocycles. The van der Waals surface area contributed by atoms with Gasteiger partial charge in [-0.15, -0.1) is 0 Å². The summed E-state index contributed by atoms with van der Waals surface area (Å²) in [5.74, 6) is -0.194. The Morgan fingerprint density at radius 1 is 1.44 bits per heavy atom. The summed E-state index contributed by atoms with van der Waals surface area (Å²) in [5, 5.41) is 12.1. The number of hydrogen-bond donors (Lipinski definition) is 4. The number of nitrogens with one attached hydrogen (secondary N) is 3. The molecule has 1 unspecified atom stereocenters. The van der Waals surface area contributed by atoms with E-state index in [1.165, 1.54) is 0 Å². The quantitative estimate of drug-likeness (QED) is 0.556. The Labute approximate surface area is 104 Å². The van der Waals surface area contributed by atoms with E-state index in [4.69, 9.17) is 0 Å². The molecule has 1 aromatic rings. The van der Waals surface area contributed by atoms with E-state index in [-0.39, 0.29) is 17.6 Å². The number of amides is 2. The number of carbonyl (C=O) groups is 2. The fraction of sp³-hybridized carbons (Fsp3) is 0.333. The molecule has 6 heteroatoms. The number of rotatable bonds is 4. The van der Waals surface area contributed by atoms with Crippen LogP contribution in [0.1, 0.15) is 18.4 Å². The summed E-state index contributed by atoms with van der Waals surface area (Å²) >= 11 is 0. The first kappa shape index (κ1) is 12.4. The molecule has 18 heavy (non-hydrogen) atoms. The van der Waals surface area contributed by atoms with Gasteiger partial charge in [0.15, 0.2) is 0 Å². The van der Waals surface area contributed by atoms with Gasteiger partial charge in [-0.05, 0) is 12.5 Å². The molecule has 0 aliphatic carbocycles. The minimum absolute atomic E-state index is 0.101. The molecule has 1 atom stereocenters. The third-order valence-corrected chi connectivity index (χ3v) is 2.79. The molecule has 0 aromatic heterocycles. The van der Waals surface area contributed by atoms with E-state index in [1.807, 2.05) is 0 Å². The van der Waals surface area contributed by atoms with Crippen LogP contribution < -0.4 is 16.2 Å². The van der Waals surface area contributed by atoms with Crippen LogP contribution in [0.4, 0.5) is 0 Å². The lowest BCUT2D eigenvalue weighted by atomic mass is 10.2. The van der Waals surface area contributed by atoms with Crippen LogP contribution >= 0.6 is 0 Å². The average molecular weight is 249 g/mol. The molecule has 2 rings (SSSR count). The first-order valence-electron chi connectivity index (χ1n) is 5.76. The summed E-state index contributed by atoms with van der Waals surface area (Å²) < 4.78 is 0. The number of phenols is 1. The summed E-state index contributed by atoms with van der Waals surface area (Å²) in [7, 11) is 0. The normalized spacial score (nSPS) is 18.4. The Hall–Kier alpha value is -2.08. The van der Waals surface area contributed by atoms with Gasteiger partial charge in [0.25, 0.3) is 5.91 Å². The lowest BCUT2D eigenvalue weighted by Gasteiger charge is -2.12. The van der Waals surface area contributed by atoms with E-state index < -0.39 is 6.04 Å². The number of benzene rings is 1. The Morgan fingerprint density at radius 3 is 2.89 bits per heavy atom. The molecule has 4 N–H and O–H groups in total. The van der Waals surface area contributed by atoms with Gasteiger partial charge in [0.05, 0.1) is 0 Å². The van der Waals surface area contributed by atoms with Gasteiger partial charge in [0.2, 0.25) is 5.91 Å².